The summed E-state index contributed by atoms with van der Waals surface area (Å²) in [7, 11) is -3.43. The van der Waals surface area contributed by atoms with Crippen LogP contribution in [0, 0.1) is 0 Å². The zero-order chi connectivity index (χ0) is 22.4. The van der Waals surface area contributed by atoms with E-state index in [9.17, 15) is 18.3 Å². The first-order valence-corrected chi connectivity index (χ1v) is 12.9. The van der Waals surface area contributed by atoms with Crippen LogP contribution < -0.4 is 4.31 Å². The second-order valence-electron chi connectivity index (χ2n) is 7.74. The molecule has 31 heavy (non-hydrogen) atoms. The third-order valence-electron chi connectivity index (χ3n) is 5.38. The van der Waals surface area contributed by atoms with Crippen molar-refractivity contribution >= 4 is 33.0 Å². The lowest BCUT2D eigenvalue weighted by atomic mass is 10.0. The first-order valence-electron chi connectivity index (χ1n) is 10.5. The monoisotopic (exact) mass is 467 g/mol. The van der Waals surface area contributed by atoms with Gasteiger partial charge in [-0.3, -0.25) is 4.31 Å². The zero-order valence-electron chi connectivity index (χ0n) is 17.6. The maximum absolute atomic E-state index is 12.6. The van der Waals surface area contributed by atoms with Gasteiger partial charge in [0, 0.05) is 4.88 Å². The third-order valence-corrected chi connectivity index (χ3v) is 8.29. The van der Waals surface area contributed by atoms with Crippen molar-refractivity contribution in [2.24, 2.45) is 0 Å². The van der Waals surface area contributed by atoms with Crippen molar-refractivity contribution in [3.05, 3.63) is 51.7 Å². The first kappa shape index (κ1) is 23.7. The lowest BCUT2D eigenvalue weighted by Crippen LogP contribution is -2.36. The van der Waals surface area contributed by atoms with Gasteiger partial charge in [0.15, 0.2) is 0 Å². The summed E-state index contributed by atoms with van der Waals surface area (Å²) in [6, 6.07) is 9.99. The number of carboxylic acids is 1. The predicted molar refractivity (Wildman–Crippen MR) is 121 cm³/mol. The molecule has 2 aromatic rings. The van der Waals surface area contributed by atoms with Gasteiger partial charge >= 0.3 is 5.97 Å². The van der Waals surface area contributed by atoms with Gasteiger partial charge in [0.05, 0.1) is 36.8 Å². The van der Waals surface area contributed by atoms with Gasteiger partial charge in [-0.15, -0.1) is 11.3 Å². The van der Waals surface area contributed by atoms with Gasteiger partial charge < -0.3 is 14.9 Å². The highest BCUT2D eigenvalue weighted by molar-refractivity contribution is 7.93. The lowest BCUT2D eigenvalue weighted by Gasteiger charge is -2.25. The molecular weight excluding hydrogens is 438 g/mol. The lowest BCUT2D eigenvalue weighted by molar-refractivity contribution is 0.0702. The molecule has 7 nitrogen and oxygen atoms in total. The number of hydrogen-bond donors (Lipinski definition) is 2. The van der Waals surface area contributed by atoms with Crippen LogP contribution in [0.15, 0.2) is 36.4 Å². The van der Waals surface area contributed by atoms with Crippen LogP contribution in [0.3, 0.4) is 0 Å². The van der Waals surface area contributed by atoms with E-state index in [0.717, 1.165) is 41.0 Å². The van der Waals surface area contributed by atoms with Crippen LogP contribution in [0.1, 0.15) is 65.2 Å². The van der Waals surface area contributed by atoms with Crippen molar-refractivity contribution in [2.75, 3.05) is 16.7 Å². The Hall–Kier alpha value is -1.94. The number of aliphatic hydroxyl groups is 1. The normalized spacial score (nSPS) is 18.9. The number of thiophene rings is 1. The Balaban J connectivity index is 1.62. The highest BCUT2D eigenvalue weighted by atomic mass is 32.2. The molecule has 3 rings (SSSR count). The molecule has 1 fully saturated rings. The number of aromatic carboxylic acids is 1. The second-order valence-corrected chi connectivity index (χ2v) is 10.9. The quantitative estimate of drug-likeness (QED) is 0.480. The zero-order valence-corrected chi connectivity index (χ0v) is 19.2. The summed E-state index contributed by atoms with van der Waals surface area (Å²) in [5.41, 5.74) is 1.36. The van der Waals surface area contributed by atoms with Gasteiger partial charge in [-0.1, -0.05) is 38.3 Å². The fraction of sp³-hybridized carbons (Fsp3) is 0.500. The summed E-state index contributed by atoms with van der Waals surface area (Å²) in [5.74, 6) is -0.909. The minimum absolute atomic E-state index is 0.0601. The molecule has 2 heterocycles. The van der Waals surface area contributed by atoms with Gasteiger partial charge in [0.2, 0.25) is 10.0 Å². The van der Waals surface area contributed by atoms with E-state index in [2.05, 4.69) is 6.92 Å². The summed E-state index contributed by atoms with van der Waals surface area (Å²) in [4.78, 5) is 12.0. The molecule has 0 radical (unpaired) electrons. The van der Waals surface area contributed by atoms with Crippen LogP contribution in [0.5, 0.6) is 0 Å². The molecule has 1 aromatic carbocycles. The van der Waals surface area contributed by atoms with Gasteiger partial charge in [0.25, 0.3) is 0 Å². The summed E-state index contributed by atoms with van der Waals surface area (Å²) in [6.07, 6.45) is 3.74. The standard InChI is InChI=1S/C22H29NO6S2/c1-2-3-4-5-20(24)16-6-8-17(9-7-16)23-18(12-13-31(23,27)28)14-29-15-19-10-11-21(30-19)22(25)26/h6-11,18,20,24H,2-5,12-15H2,1H3,(H,25,26)/t18?,20-/m0/s1. The Morgan fingerprint density at radius 3 is 2.61 bits per heavy atom. The molecule has 0 bridgehead atoms. The highest BCUT2D eigenvalue weighted by Gasteiger charge is 2.37. The smallest absolute Gasteiger partial charge is 0.345 e. The van der Waals surface area contributed by atoms with Crippen LogP contribution in [0.2, 0.25) is 0 Å². The molecule has 2 atom stereocenters. The maximum atomic E-state index is 12.6. The van der Waals surface area contributed by atoms with E-state index in [1.54, 1.807) is 30.3 Å². The average Bonchev–Trinajstić information content (AvgIpc) is 3.33. The number of nitrogens with zero attached hydrogens (tertiary/aromatic N) is 1. The van der Waals surface area contributed by atoms with Crippen molar-refractivity contribution < 1.29 is 28.2 Å². The number of hydrogen-bond acceptors (Lipinski definition) is 6. The molecule has 1 aromatic heterocycles. The van der Waals surface area contributed by atoms with Crippen LogP contribution in [0.25, 0.3) is 0 Å². The number of carboxylic acid groups (broad SMARTS) is 1. The van der Waals surface area contributed by atoms with E-state index in [0.29, 0.717) is 18.5 Å². The number of sulfonamides is 1. The number of benzene rings is 1. The second kappa shape index (κ2) is 10.6. The topological polar surface area (TPSA) is 104 Å². The fourth-order valence-corrected chi connectivity index (χ4v) is 6.33. The molecule has 0 aliphatic carbocycles. The minimum Gasteiger partial charge on any atom is -0.477 e. The van der Waals surface area contributed by atoms with Crippen molar-refractivity contribution in [3.63, 3.8) is 0 Å². The van der Waals surface area contributed by atoms with E-state index in [4.69, 9.17) is 9.84 Å². The molecular formula is C22H29NO6S2. The molecule has 0 amide bonds. The molecule has 2 N–H and O–H groups in total. The van der Waals surface area contributed by atoms with E-state index in [1.807, 2.05) is 0 Å². The largest absolute Gasteiger partial charge is 0.477 e. The minimum atomic E-state index is -3.43. The number of rotatable bonds is 11. The van der Waals surface area contributed by atoms with E-state index >= 15 is 0 Å². The fourth-order valence-electron chi connectivity index (χ4n) is 3.71. The van der Waals surface area contributed by atoms with E-state index in [-0.39, 0.29) is 29.9 Å². The number of carbonyl (C=O) groups is 1. The Morgan fingerprint density at radius 2 is 1.97 bits per heavy atom. The Labute approximate surface area is 187 Å². The summed E-state index contributed by atoms with van der Waals surface area (Å²) >= 11 is 1.15. The van der Waals surface area contributed by atoms with Gasteiger partial charge in [-0.2, -0.15) is 0 Å². The SMILES string of the molecule is CCCCC[C@H](O)c1ccc(N2C(COCc3ccc(C(=O)O)s3)CCS2(=O)=O)cc1. The van der Waals surface area contributed by atoms with E-state index < -0.39 is 22.1 Å². The first-order chi connectivity index (χ1) is 14.8. The predicted octanol–water partition coefficient (Wildman–Crippen LogP) is 4.19. The van der Waals surface area contributed by atoms with Crippen molar-refractivity contribution in [3.8, 4) is 0 Å². The van der Waals surface area contributed by atoms with E-state index in [1.165, 1.54) is 10.4 Å². The number of ether oxygens (including phenoxy) is 1. The number of aliphatic hydroxyl groups excluding tert-OH is 1. The molecule has 9 heteroatoms. The summed E-state index contributed by atoms with van der Waals surface area (Å²) in [5, 5.41) is 19.3. The van der Waals surface area contributed by atoms with Gasteiger partial charge in [0.1, 0.15) is 4.88 Å². The Kier molecular flexibility index (Phi) is 8.10. The summed E-state index contributed by atoms with van der Waals surface area (Å²) < 4.78 is 32.4. The highest BCUT2D eigenvalue weighted by Crippen LogP contribution is 2.31. The molecule has 0 saturated carbocycles. The summed E-state index contributed by atoms with van der Waals surface area (Å²) in [6.45, 7) is 2.58. The molecule has 170 valence electrons. The molecule has 1 unspecified atom stereocenters. The molecule has 0 spiro atoms. The Bertz CT molecular complexity index is 970. The van der Waals surface area contributed by atoms with Crippen molar-refractivity contribution in [1.29, 1.82) is 0 Å². The number of unbranched alkanes of at least 4 members (excludes halogenated alkanes) is 2. The van der Waals surface area contributed by atoms with Crippen LogP contribution in [0.4, 0.5) is 5.69 Å². The van der Waals surface area contributed by atoms with Crippen LogP contribution in [-0.2, 0) is 21.4 Å². The molecule has 1 aliphatic heterocycles. The average molecular weight is 468 g/mol. The van der Waals surface area contributed by atoms with Gasteiger partial charge in [-0.05, 0) is 42.7 Å². The van der Waals surface area contributed by atoms with Crippen molar-refractivity contribution in [2.45, 2.75) is 57.8 Å². The molecule has 1 aliphatic rings. The van der Waals surface area contributed by atoms with Crippen LogP contribution >= 0.6 is 11.3 Å². The van der Waals surface area contributed by atoms with Crippen LogP contribution in [-0.4, -0.2) is 43.0 Å². The van der Waals surface area contributed by atoms with Gasteiger partial charge in [-0.25, -0.2) is 13.2 Å². The maximum Gasteiger partial charge on any atom is 0.345 e. The third kappa shape index (κ3) is 6.06. The van der Waals surface area contributed by atoms with Crippen molar-refractivity contribution in [1.82, 2.24) is 0 Å². The number of anilines is 1. The Morgan fingerprint density at radius 1 is 1.23 bits per heavy atom. The molecule has 1 saturated heterocycles.